The number of benzene rings is 3. The van der Waals surface area contributed by atoms with E-state index in [1.165, 1.54) is 11.8 Å². The number of nitrogens with one attached hydrogen (secondary N) is 1. The summed E-state index contributed by atoms with van der Waals surface area (Å²) in [7, 11) is 0. The van der Waals surface area contributed by atoms with Crippen molar-refractivity contribution >= 4 is 40.0 Å². The molecule has 2 heterocycles. The minimum atomic E-state index is -0.153. The lowest BCUT2D eigenvalue weighted by Crippen LogP contribution is -2.22. The van der Waals surface area contributed by atoms with Crippen molar-refractivity contribution in [3.05, 3.63) is 93.8 Å². The van der Waals surface area contributed by atoms with Crippen molar-refractivity contribution in [1.29, 1.82) is 0 Å². The molecule has 5 aromatic rings. The highest BCUT2D eigenvalue weighted by molar-refractivity contribution is 7.99. The lowest BCUT2D eigenvalue weighted by atomic mass is 10.1. The molecule has 0 bridgehead atoms. The van der Waals surface area contributed by atoms with Gasteiger partial charge in [0.15, 0.2) is 5.16 Å². The Hall–Kier alpha value is -3.91. The number of para-hydroxylation sites is 2. The number of fused-ring (bicyclic) bond motifs is 3. The zero-order valence-corrected chi connectivity index (χ0v) is 20.6. The fourth-order valence-electron chi connectivity index (χ4n) is 4.22. The molecule has 2 aromatic heterocycles. The number of thioether (sulfide) groups is 1. The largest absolute Gasteiger partial charge is 0.325 e. The Bertz CT molecular complexity index is 1640. The van der Waals surface area contributed by atoms with Gasteiger partial charge in [0, 0.05) is 5.69 Å². The van der Waals surface area contributed by atoms with Crippen LogP contribution in [0.4, 0.5) is 5.69 Å². The molecule has 176 valence electrons. The van der Waals surface area contributed by atoms with Gasteiger partial charge < -0.3 is 5.32 Å². The topological polar surface area (TPSA) is 81.3 Å². The van der Waals surface area contributed by atoms with Crippen molar-refractivity contribution in [2.45, 2.75) is 32.3 Å². The van der Waals surface area contributed by atoms with Crippen molar-refractivity contribution in [2.24, 2.45) is 0 Å². The van der Waals surface area contributed by atoms with Crippen LogP contribution in [0.1, 0.15) is 23.6 Å². The second-order valence-electron chi connectivity index (χ2n) is 8.41. The maximum absolute atomic E-state index is 13.6. The SMILES string of the molecule is CCc1ccccc1NC(=O)CSc1nnc2n(-c3cc(C)ccc3C)c(=O)c3ccccc3n12. The first-order valence-electron chi connectivity index (χ1n) is 11.4. The molecule has 7 nitrogen and oxygen atoms in total. The second-order valence-corrected chi connectivity index (χ2v) is 9.36. The van der Waals surface area contributed by atoms with Crippen molar-refractivity contribution < 1.29 is 4.79 Å². The van der Waals surface area contributed by atoms with Crippen LogP contribution in [0.15, 0.2) is 76.7 Å². The van der Waals surface area contributed by atoms with Crippen LogP contribution in [-0.4, -0.2) is 30.8 Å². The number of carbonyl (C=O) groups is 1. The van der Waals surface area contributed by atoms with Crippen molar-refractivity contribution in [1.82, 2.24) is 19.2 Å². The molecular weight excluding hydrogens is 458 g/mol. The van der Waals surface area contributed by atoms with E-state index in [1.54, 1.807) is 4.57 Å². The van der Waals surface area contributed by atoms with Crippen LogP contribution in [0.25, 0.3) is 22.4 Å². The van der Waals surface area contributed by atoms with Gasteiger partial charge in [-0.2, -0.15) is 0 Å². The molecule has 0 spiro atoms. The highest BCUT2D eigenvalue weighted by Gasteiger charge is 2.19. The summed E-state index contributed by atoms with van der Waals surface area (Å²) < 4.78 is 3.47. The zero-order valence-electron chi connectivity index (χ0n) is 19.8. The minimum Gasteiger partial charge on any atom is -0.325 e. The fraction of sp³-hybridized carbons (Fsp3) is 0.185. The Balaban J connectivity index is 1.57. The number of nitrogens with zero attached hydrogens (tertiary/aromatic N) is 4. The predicted octanol–water partition coefficient (Wildman–Crippen LogP) is 4.94. The van der Waals surface area contributed by atoms with Gasteiger partial charge in [-0.05, 0) is 61.2 Å². The van der Waals surface area contributed by atoms with Gasteiger partial charge in [0.2, 0.25) is 11.7 Å². The van der Waals surface area contributed by atoms with Crippen LogP contribution < -0.4 is 10.9 Å². The number of rotatable bonds is 6. The molecule has 0 atom stereocenters. The molecule has 0 fully saturated rings. The summed E-state index contributed by atoms with van der Waals surface area (Å²) in [6.45, 7) is 6.02. The van der Waals surface area contributed by atoms with E-state index in [0.717, 1.165) is 34.5 Å². The van der Waals surface area contributed by atoms with Crippen molar-refractivity contribution in [3.63, 3.8) is 0 Å². The van der Waals surface area contributed by atoms with Crippen molar-refractivity contribution in [3.8, 4) is 5.69 Å². The van der Waals surface area contributed by atoms with E-state index in [-0.39, 0.29) is 17.2 Å². The average molecular weight is 484 g/mol. The van der Waals surface area contributed by atoms with Gasteiger partial charge in [-0.3, -0.25) is 14.0 Å². The lowest BCUT2D eigenvalue weighted by molar-refractivity contribution is -0.113. The molecule has 1 amide bonds. The molecule has 0 aliphatic rings. The molecule has 0 radical (unpaired) electrons. The number of anilines is 1. The summed E-state index contributed by atoms with van der Waals surface area (Å²) >= 11 is 1.29. The monoisotopic (exact) mass is 483 g/mol. The molecule has 0 saturated heterocycles. The predicted molar refractivity (Wildman–Crippen MR) is 141 cm³/mol. The first kappa shape index (κ1) is 22.9. The maximum Gasteiger partial charge on any atom is 0.267 e. The van der Waals surface area contributed by atoms with Gasteiger partial charge in [-0.1, -0.05) is 61.2 Å². The number of aromatic nitrogens is 4. The van der Waals surface area contributed by atoms with E-state index in [9.17, 15) is 9.59 Å². The molecule has 0 aliphatic heterocycles. The van der Waals surface area contributed by atoms with Gasteiger partial charge in [0.05, 0.1) is 22.3 Å². The Morgan fingerprint density at radius 2 is 1.77 bits per heavy atom. The first-order valence-corrected chi connectivity index (χ1v) is 12.4. The van der Waals surface area contributed by atoms with Gasteiger partial charge in [-0.15, -0.1) is 10.2 Å². The van der Waals surface area contributed by atoms with E-state index in [0.29, 0.717) is 21.8 Å². The number of hydrogen-bond donors (Lipinski definition) is 1. The van der Waals surface area contributed by atoms with Crippen molar-refractivity contribution in [2.75, 3.05) is 11.1 Å². The Kier molecular flexibility index (Phi) is 6.13. The van der Waals surface area contributed by atoms with E-state index in [2.05, 4.69) is 22.4 Å². The van der Waals surface area contributed by atoms with Crippen LogP contribution in [0, 0.1) is 13.8 Å². The summed E-state index contributed by atoms with van der Waals surface area (Å²) in [5.41, 5.74) is 5.23. The van der Waals surface area contributed by atoms with E-state index < -0.39 is 0 Å². The molecule has 35 heavy (non-hydrogen) atoms. The summed E-state index contributed by atoms with van der Waals surface area (Å²) in [5.74, 6) is 0.455. The van der Waals surface area contributed by atoms with Crippen LogP contribution in [-0.2, 0) is 11.2 Å². The second kappa shape index (κ2) is 9.38. The fourth-order valence-corrected chi connectivity index (χ4v) is 4.96. The van der Waals surface area contributed by atoms with E-state index in [1.807, 2.05) is 85.0 Å². The number of hydrogen-bond acceptors (Lipinski definition) is 5. The number of carbonyl (C=O) groups excluding carboxylic acids is 1. The van der Waals surface area contributed by atoms with Gasteiger partial charge in [0.1, 0.15) is 0 Å². The summed E-state index contributed by atoms with van der Waals surface area (Å²) in [6, 6.07) is 21.2. The summed E-state index contributed by atoms with van der Waals surface area (Å²) in [4.78, 5) is 26.3. The minimum absolute atomic E-state index is 0.125. The third-order valence-corrected chi connectivity index (χ3v) is 6.93. The van der Waals surface area contributed by atoms with Crippen LogP contribution in [0.5, 0.6) is 0 Å². The normalized spacial score (nSPS) is 11.3. The van der Waals surface area contributed by atoms with E-state index in [4.69, 9.17) is 0 Å². The molecule has 0 aliphatic carbocycles. The maximum atomic E-state index is 13.6. The standard InChI is InChI=1S/C27H25N5O2S/c1-4-19-9-5-7-11-21(19)28-24(33)16-35-27-30-29-26-31(23-15-17(2)13-14-18(23)3)25(34)20-10-6-8-12-22(20)32(26)27/h5-15H,4,16H2,1-3H3,(H,28,33). The van der Waals surface area contributed by atoms with Gasteiger partial charge >= 0.3 is 0 Å². The van der Waals surface area contributed by atoms with Gasteiger partial charge in [-0.25, -0.2) is 4.57 Å². The molecule has 5 rings (SSSR count). The smallest absolute Gasteiger partial charge is 0.267 e. The highest BCUT2D eigenvalue weighted by atomic mass is 32.2. The highest BCUT2D eigenvalue weighted by Crippen LogP contribution is 2.25. The molecule has 1 N–H and O–H groups in total. The molecule has 0 unspecified atom stereocenters. The van der Waals surface area contributed by atoms with Gasteiger partial charge in [0.25, 0.3) is 5.56 Å². The number of amides is 1. The number of aryl methyl sites for hydroxylation is 3. The molecule has 0 saturated carbocycles. The lowest BCUT2D eigenvalue weighted by Gasteiger charge is -2.14. The van der Waals surface area contributed by atoms with E-state index >= 15 is 0 Å². The summed E-state index contributed by atoms with van der Waals surface area (Å²) in [6.07, 6.45) is 0.834. The van der Waals surface area contributed by atoms with Crippen LogP contribution in [0.2, 0.25) is 0 Å². The molecule has 3 aromatic carbocycles. The zero-order chi connectivity index (χ0) is 24.5. The quantitative estimate of drug-likeness (QED) is 0.346. The Labute approximate surface area is 206 Å². The third kappa shape index (κ3) is 4.21. The third-order valence-electron chi connectivity index (χ3n) is 6.00. The summed E-state index contributed by atoms with van der Waals surface area (Å²) in [5, 5.41) is 12.9. The van der Waals surface area contributed by atoms with Crippen LogP contribution in [0.3, 0.4) is 0 Å². The Morgan fingerprint density at radius 1 is 1.00 bits per heavy atom. The first-order chi connectivity index (χ1) is 17.0. The average Bonchev–Trinajstić information content (AvgIpc) is 3.29. The molecule has 8 heteroatoms. The Morgan fingerprint density at radius 3 is 2.60 bits per heavy atom. The molecular formula is C27H25N5O2S. The van der Waals surface area contributed by atoms with Crippen LogP contribution >= 0.6 is 11.8 Å².